The molecule has 6 nitrogen and oxygen atoms in total. The number of fused-ring (bicyclic) bond motifs is 1. The van der Waals surface area contributed by atoms with E-state index in [1.165, 1.54) is 11.3 Å². The number of nitrogens with zero attached hydrogens (tertiary/aromatic N) is 3. The van der Waals surface area contributed by atoms with Crippen molar-refractivity contribution in [3.8, 4) is 11.1 Å². The van der Waals surface area contributed by atoms with Crippen LogP contribution in [0.15, 0.2) is 60.1 Å². The molecule has 3 heterocycles. The van der Waals surface area contributed by atoms with E-state index in [1.54, 1.807) is 0 Å². The van der Waals surface area contributed by atoms with Gasteiger partial charge in [0.15, 0.2) is 4.96 Å². The van der Waals surface area contributed by atoms with Crippen LogP contribution in [0.4, 0.5) is 0 Å². The molecule has 0 saturated carbocycles. The van der Waals surface area contributed by atoms with Crippen LogP contribution in [0.25, 0.3) is 16.1 Å². The molecule has 1 fully saturated rings. The van der Waals surface area contributed by atoms with Gasteiger partial charge in [-0.15, -0.1) is 11.3 Å². The average molecular weight is 479 g/mol. The van der Waals surface area contributed by atoms with Gasteiger partial charge >= 0.3 is 0 Å². The summed E-state index contributed by atoms with van der Waals surface area (Å²) >= 11 is 7.68. The lowest BCUT2D eigenvalue weighted by molar-refractivity contribution is 0.0675. The molecular formula is C25H23ClN4O2S. The molecule has 1 saturated heterocycles. The van der Waals surface area contributed by atoms with E-state index in [1.807, 2.05) is 76.3 Å². The molecule has 5 rings (SSSR count). The number of benzene rings is 2. The maximum absolute atomic E-state index is 13.5. The lowest BCUT2D eigenvalue weighted by atomic mass is 9.97. The minimum absolute atomic E-state index is 0.0368. The summed E-state index contributed by atoms with van der Waals surface area (Å²) in [5.74, 6) is -0.192. The minimum Gasteiger partial charge on any atom is -0.346 e. The first-order chi connectivity index (χ1) is 16.0. The van der Waals surface area contributed by atoms with Crippen LogP contribution in [0.2, 0.25) is 5.02 Å². The number of carbonyl (C=O) groups excluding carboxylic acids is 2. The molecule has 33 heavy (non-hydrogen) atoms. The Morgan fingerprint density at radius 3 is 2.88 bits per heavy atom. The third-order valence-electron chi connectivity index (χ3n) is 5.99. The molecule has 1 aliphatic rings. The highest BCUT2D eigenvalue weighted by molar-refractivity contribution is 7.15. The number of amides is 2. The summed E-state index contributed by atoms with van der Waals surface area (Å²) in [6, 6.07) is 15.0. The van der Waals surface area contributed by atoms with Crippen molar-refractivity contribution in [2.24, 2.45) is 0 Å². The van der Waals surface area contributed by atoms with Gasteiger partial charge in [-0.1, -0.05) is 41.9 Å². The maximum Gasteiger partial charge on any atom is 0.270 e. The van der Waals surface area contributed by atoms with Crippen molar-refractivity contribution < 1.29 is 9.59 Å². The van der Waals surface area contributed by atoms with E-state index in [-0.39, 0.29) is 17.9 Å². The van der Waals surface area contributed by atoms with Gasteiger partial charge in [0, 0.05) is 41.3 Å². The zero-order valence-corrected chi connectivity index (χ0v) is 19.7. The Kier molecular flexibility index (Phi) is 5.91. The zero-order chi connectivity index (χ0) is 22.9. The Morgan fingerprint density at radius 2 is 2.03 bits per heavy atom. The largest absolute Gasteiger partial charge is 0.346 e. The highest BCUT2D eigenvalue weighted by atomic mass is 35.5. The summed E-state index contributed by atoms with van der Waals surface area (Å²) < 4.78 is 1.82. The number of rotatable bonds is 4. The second kappa shape index (κ2) is 9.00. The molecule has 0 aliphatic carbocycles. The topological polar surface area (TPSA) is 66.7 Å². The van der Waals surface area contributed by atoms with Gasteiger partial charge in [0.1, 0.15) is 5.69 Å². The Morgan fingerprint density at radius 1 is 1.18 bits per heavy atom. The third-order valence-corrected chi connectivity index (χ3v) is 6.98. The van der Waals surface area contributed by atoms with E-state index in [4.69, 9.17) is 11.6 Å². The number of halogens is 1. The monoisotopic (exact) mass is 478 g/mol. The predicted molar refractivity (Wildman–Crippen MR) is 131 cm³/mol. The van der Waals surface area contributed by atoms with E-state index < -0.39 is 0 Å². The number of carbonyl (C=O) groups is 2. The molecule has 1 N–H and O–H groups in total. The van der Waals surface area contributed by atoms with E-state index in [0.717, 1.165) is 28.9 Å². The van der Waals surface area contributed by atoms with Crippen molar-refractivity contribution in [3.05, 3.63) is 82.1 Å². The number of likely N-dealkylation sites (tertiary alicyclic amines) is 1. The molecule has 8 heteroatoms. The number of aromatic nitrogens is 2. The average Bonchev–Trinajstić information content (AvgIpc) is 3.38. The van der Waals surface area contributed by atoms with E-state index >= 15 is 0 Å². The Labute approximate surface area is 200 Å². The fraction of sp³-hybridized carbons (Fsp3) is 0.240. The molecule has 0 spiro atoms. The van der Waals surface area contributed by atoms with Crippen molar-refractivity contribution >= 4 is 39.7 Å². The smallest absolute Gasteiger partial charge is 0.270 e. The Hall–Kier alpha value is -3.16. The summed E-state index contributed by atoms with van der Waals surface area (Å²) in [5.41, 5.74) is 3.66. The van der Waals surface area contributed by atoms with Crippen LogP contribution in [0.3, 0.4) is 0 Å². The van der Waals surface area contributed by atoms with Gasteiger partial charge in [0.2, 0.25) is 0 Å². The van der Waals surface area contributed by atoms with Crippen molar-refractivity contribution in [1.29, 1.82) is 0 Å². The summed E-state index contributed by atoms with van der Waals surface area (Å²) in [4.78, 5) is 33.6. The normalized spacial score (nSPS) is 16.2. The standard InChI is InChI=1S/C25H23ClN4O2S/c1-16-22(30-12-13-33-25(30)27-16)23(31)28-19-8-5-11-29(15-19)24(32)21-10-3-2-9-20(21)17-6-4-7-18(26)14-17/h2-4,6-7,9-10,12-14,19H,5,8,11,15H2,1H3,(H,28,31)/t19-/m1/s1. The van der Waals surface area contributed by atoms with Gasteiger partial charge in [-0.05, 0) is 49.1 Å². The molecule has 168 valence electrons. The van der Waals surface area contributed by atoms with Crippen LogP contribution in [-0.4, -0.2) is 45.2 Å². The van der Waals surface area contributed by atoms with Crippen LogP contribution < -0.4 is 5.32 Å². The van der Waals surface area contributed by atoms with Crippen LogP contribution in [0.5, 0.6) is 0 Å². The second-order valence-electron chi connectivity index (χ2n) is 8.22. The molecule has 0 radical (unpaired) electrons. The summed E-state index contributed by atoms with van der Waals surface area (Å²) in [5, 5.41) is 5.67. The van der Waals surface area contributed by atoms with E-state index in [2.05, 4.69) is 10.3 Å². The number of aryl methyl sites for hydroxylation is 1. The number of imidazole rings is 1. The molecule has 0 unspecified atom stereocenters. The van der Waals surface area contributed by atoms with Crippen molar-refractivity contribution in [3.63, 3.8) is 0 Å². The number of hydrogen-bond donors (Lipinski definition) is 1. The van der Waals surface area contributed by atoms with E-state index in [9.17, 15) is 9.59 Å². The van der Waals surface area contributed by atoms with Crippen molar-refractivity contribution in [2.45, 2.75) is 25.8 Å². The quantitative estimate of drug-likeness (QED) is 0.446. The van der Waals surface area contributed by atoms with Crippen LogP contribution in [0, 0.1) is 6.92 Å². The molecular weight excluding hydrogens is 456 g/mol. The Bertz CT molecular complexity index is 1350. The number of thiazole rings is 1. The van der Waals surface area contributed by atoms with Crippen molar-refractivity contribution in [2.75, 3.05) is 13.1 Å². The first kappa shape index (κ1) is 21.7. The molecule has 1 aliphatic heterocycles. The van der Waals surface area contributed by atoms with Gasteiger partial charge in [-0.3, -0.25) is 14.0 Å². The SMILES string of the molecule is Cc1nc2sccn2c1C(=O)N[C@@H]1CCCN(C(=O)c2ccccc2-c2cccc(Cl)c2)C1. The van der Waals surface area contributed by atoms with Crippen LogP contribution in [0.1, 0.15) is 39.4 Å². The second-order valence-corrected chi connectivity index (χ2v) is 9.53. The highest BCUT2D eigenvalue weighted by Gasteiger charge is 2.28. The first-order valence-electron chi connectivity index (χ1n) is 10.9. The number of piperidine rings is 1. The Balaban J connectivity index is 1.34. The van der Waals surface area contributed by atoms with Gasteiger partial charge < -0.3 is 10.2 Å². The number of hydrogen-bond acceptors (Lipinski definition) is 4. The summed E-state index contributed by atoms with van der Waals surface area (Å²) in [7, 11) is 0. The van der Waals surface area contributed by atoms with Crippen molar-refractivity contribution in [1.82, 2.24) is 19.6 Å². The fourth-order valence-electron chi connectivity index (χ4n) is 4.45. The third kappa shape index (κ3) is 4.26. The van der Waals surface area contributed by atoms with Gasteiger partial charge in [0.25, 0.3) is 11.8 Å². The van der Waals surface area contributed by atoms with Gasteiger partial charge in [0.05, 0.1) is 5.69 Å². The van der Waals surface area contributed by atoms with Gasteiger partial charge in [-0.25, -0.2) is 4.98 Å². The molecule has 4 aromatic rings. The zero-order valence-electron chi connectivity index (χ0n) is 18.1. The lowest BCUT2D eigenvalue weighted by Gasteiger charge is -2.33. The molecule has 2 aromatic carbocycles. The van der Waals surface area contributed by atoms with E-state index in [0.29, 0.717) is 35.1 Å². The summed E-state index contributed by atoms with van der Waals surface area (Å²) in [6.45, 7) is 2.98. The number of nitrogens with one attached hydrogen (secondary N) is 1. The van der Waals surface area contributed by atoms with Gasteiger partial charge in [-0.2, -0.15) is 0 Å². The predicted octanol–water partition coefficient (Wildman–Crippen LogP) is 5.06. The first-order valence-corrected chi connectivity index (χ1v) is 12.1. The minimum atomic E-state index is -0.156. The maximum atomic E-state index is 13.5. The lowest BCUT2D eigenvalue weighted by Crippen LogP contribution is -2.50. The van der Waals surface area contributed by atoms with Crippen LogP contribution >= 0.6 is 22.9 Å². The fourth-order valence-corrected chi connectivity index (χ4v) is 5.40. The molecule has 2 aromatic heterocycles. The molecule has 0 bridgehead atoms. The molecule has 2 amide bonds. The van der Waals surface area contributed by atoms with Crippen LogP contribution in [-0.2, 0) is 0 Å². The highest BCUT2D eigenvalue weighted by Crippen LogP contribution is 2.28. The molecule has 1 atom stereocenters. The summed E-state index contributed by atoms with van der Waals surface area (Å²) in [6.07, 6.45) is 3.52.